The summed E-state index contributed by atoms with van der Waals surface area (Å²) >= 11 is 0. The molecule has 0 aliphatic rings. The first kappa shape index (κ1) is 16.0. The average Bonchev–Trinajstić information content (AvgIpc) is 2.53. The van der Waals surface area contributed by atoms with E-state index in [2.05, 4.69) is 0 Å². The summed E-state index contributed by atoms with van der Waals surface area (Å²) in [7, 11) is 0. The van der Waals surface area contributed by atoms with E-state index in [9.17, 15) is 29.4 Å². The fourth-order valence-corrected chi connectivity index (χ4v) is 1.77. The van der Waals surface area contributed by atoms with Gasteiger partial charge in [-0.1, -0.05) is 18.2 Å². The second-order valence-electron chi connectivity index (χ2n) is 4.42. The number of nitro benzene ring substituents is 2. The lowest BCUT2D eigenvalue weighted by Crippen LogP contribution is -2.07. The number of carbonyl (C=O) groups is 1. The van der Waals surface area contributed by atoms with E-state index in [4.69, 9.17) is 4.74 Å². The minimum atomic E-state index is -1.03. The van der Waals surface area contributed by atoms with Gasteiger partial charge in [0.1, 0.15) is 12.4 Å². The molecule has 0 bridgehead atoms. The van der Waals surface area contributed by atoms with Crippen LogP contribution >= 0.6 is 0 Å². The first-order chi connectivity index (χ1) is 10.9. The van der Waals surface area contributed by atoms with Gasteiger partial charge in [-0.05, 0) is 6.07 Å². The largest absolute Gasteiger partial charge is 0.457 e. The number of nitro groups is 2. The number of benzene rings is 2. The normalized spacial score (nSPS) is 10.1. The minimum absolute atomic E-state index is 0.112. The Morgan fingerprint density at radius 1 is 1.04 bits per heavy atom. The van der Waals surface area contributed by atoms with Gasteiger partial charge in [-0.25, -0.2) is 9.18 Å². The highest BCUT2D eigenvalue weighted by molar-refractivity contribution is 5.91. The molecule has 0 saturated carbocycles. The monoisotopic (exact) mass is 320 g/mol. The van der Waals surface area contributed by atoms with E-state index in [1.54, 1.807) is 6.07 Å². The highest BCUT2D eigenvalue weighted by Gasteiger charge is 2.20. The van der Waals surface area contributed by atoms with Crippen molar-refractivity contribution in [3.8, 4) is 0 Å². The first-order valence-electron chi connectivity index (χ1n) is 6.23. The molecule has 0 heterocycles. The van der Waals surface area contributed by atoms with Crippen LogP contribution in [0.25, 0.3) is 0 Å². The lowest BCUT2D eigenvalue weighted by Gasteiger charge is -2.06. The fraction of sp³-hybridized carbons (Fsp3) is 0.0714. The zero-order chi connectivity index (χ0) is 17.0. The predicted molar refractivity (Wildman–Crippen MR) is 75.3 cm³/mol. The Bertz CT molecular complexity index is 760. The maximum Gasteiger partial charge on any atom is 0.338 e. The van der Waals surface area contributed by atoms with Gasteiger partial charge in [0.05, 0.1) is 21.5 Å². The maximum absolute atomic E-state index is 13.4. The Hall–Kier alpha value is -3.36. The van der Waals surface area contributed by atoms with E-state index in [0.29, 0.717) is 0 Å². The molecular weight excluding hydrogens is 311 g/mol. The van der Waals surface area contributed by atoms with Gasteiger partial charge in [-0.3, -0.25) is 20.2 Å². The fourth-order valence-electron chi connectivity index (χ4n) is 1.77. The third-order valence-corrected chi connectivity index (χ3v) is 2.88. The lowest BCUT2D eigenvalue weighted by molar-refractivity contribution is -0.394. The van der Waals surface area contributed by atoms with Crippen molar-refractivity contribution in [1.29, 1.82) is 0 Å². The first-order valence-corrected chi connectivity index (χ1v) is 6.23. The van der Waals surface area contributed by atoms with Crippen molar-refractivity contribution < 1.29 is 23.8 Å². The number of esters is 1. The Morgan fingerprint density at radius 3 is 2.13 bits per heavy atom. The number of hydrogen-bond donors (Lipinski definition) is 0. The van der Waals surface area contributed by atoms with Crippen LogP contribution in [0, 0.1) is 26.0 Å². The van der Waals surface area contributed by atoms with E-state index < -0.39 is 39.6 Å². The van der Waals surface area contributed by atoms with Crippen LogP contribution in [0.4, 0.5) is 15.8 Å². The van der Waals surface area contributed by atoms with Crippen LogP contribution in [0.1, 0.15) is 15.9 Å². The van der Waals surface area contributed by atoms with Crippen molar-refractivity contribution in [2.75, 3.05) is 0 Å². The molecule has 0 spiro atoms. The van der Waals surface area contributed by atoms with E-state index in [1.165, 1.54) is 18.2 Å². The predicted octanol–water partition coefficient (Wildman–Crippen LogP) is 3.00. The topological polar surface area (TPSA) is 113 Å². The van der Waals surface area contributed by atoms with Gasteiger partial charge in [0.15, 0.2) is 0 Å². The summed E-state index contributed by atoms with van der Waals surface area (Å²) in [6.45, 7) is -0.401. The molecule has 9 heteroatoms. The Balaban J connectivity index is 2.23. The van der Waals surface area contributed by atoms with Gasteiger partial charge in [-0.15, -0.1) is 0 Å². The molecule has 0 saturated heterocycles. The summed E-state index contributed by atoms with van der Waals surface area (Å²) in [5, 5.41) is 21.5. The molecule has 0 radical (unpaired) electrons. The van der Waals surface area contributed by atoms with Crippen LogP contribution in [0.5, 0.6) is 0 Å². The van der Waals surface area contributed by atoms with Crippen LogP contribution < -0.4 is 0 Å². The molecule has 0 unspecified atom stereocenters. The zero-order valence-corrected chi connectivity index (χ0v) is 11.5. The standard InChI is InChI=1S/C14H9FN2O6/c15-13-4-2-1-3-9(13)8-23-14(18)10-5-11(16(19)20)7-12(6-10)17(21)22/h1-7H,8H2. The highest BCUT2D eigenvalue weighted by atomic mass is 19.1. The SMILES string of the molecule is O=C(OCc1ccccc1F)c1cc([N+](=O)[O-])cc([N+](=O)[O-])c1. The molecule has 0 aliphatic heterocycles. The maximum atomic E-state index is 13.4. The van der Waals surface area contributed by atoms with Crippen molar-refractivity contribution >= 4 is 17.3 Å². The summed E-state index contributed by atoms with van der Waals surface area (Å²) in [4.78, 5) is 31.7. The summed E-state index contributed by atoms with van der Waals surface area (Å²) in [5.41, 5.74) is -1.47. The van der Waals surface area contributed by atoms with Gasteiger partial charge in [0, 0.05) is 17.7 Å². The number of rotatable bonds is 5. The number of ether oxygens (including phenoxy) is 1. The minimum Gasteiger partial charge on any atom is -0.457 e. The molecular formula is C14H9FN2O6. The molecule has 23 heavy (non-hydrogen) atoms. The van der Waals surface area contributed by atoms with Crippen LogP contribution in [0.3, 0.4) is 0 Å². The third kappa shape index (κ3) is 3.84. The molecule has 0 aromatic heterocycles. The molecule has 2 aromatic carbocycles. The zero-order valence-electron chi connectivity index (χ0n) is 11.5. The van der Waals surface area contributed by atoms with Gasteiger partial charge < -0.3 is 4.74 Å². The van der Waals surface area contributed by atoms with Crippen molar-refractivity contribution in [2.45, 2.75) is 6.61 Å². The molecule has 2 aromatic rings. The second-order valence-corrected chi connectivity index (χ2v) is 4.42. The van der Waals surface area contributed by atoms with Crippen LogP contribution in [0.2, 0.25) is 0 Å². The van der Waals surface area contributed by atoms with E-state index in [-0.39, 0.29) is 11.1 Å². The van der Waals surface area contributed by atoms with Crippen molar-refractivity contribution in [3.05, 3.63) is 79.6 Å². The summed E-state index contributed by atoms with van der Waals surface area (Å²) in [6, 6.07) is 8.04. The summed E-state index contributed by atoms with van der Waals surface area (Å²) < 4.78 is 18.3. The summed E-state index contributed by atoms with van der Waals surface area (Å²) in [6.07, 6.45) is 0. The number of carbonyl (C=O) groups excluding carboxylic acids is 1. The van der Waals surface area contributed by atoms with Gasteiger partial charge in [0.2, 0.25) is 0 Å². The van der Waals surface area contributed by atoms with E-state index in [0.717, 1.165) is 18.2 Å². The molecule has 2 rings (SSSR count). The smallest absolute Gasteiger partial charge is 0.338 e. The molecule has 8 nitrogen and oxygen atoms in total. The van der Waals surface area contributed by atoms with Gasteiger partial charge in [-0.2, -0.15) is 0 Å². The van der Waals surface area contributed by atoms with Crippen LogP contribution in [-0.2, 0) is 11.3 Å². The lowest BCUT2D eigenvalue weighted by atomic mass is 10.1. The third-order valence-electron chi connectivity index (χ3n) is 2.88. The Morgan fingerprint density at radius 2 is 1.61 bits per heavy atom. The molecule has 0 atom stereocenters. The van der Waals surface area contributed by atoms with E-state index >= 15 is 0 Å². The van der Waals surface area contributed by atoms with Crippen molar-refractivity contribution in [2.24, 2.45) is 0 Å². The average molecular weight is 320 g/mol. The number of halogens is 1. The van der Waals surface area contributed by atoms with Crippen LogP contribution in [0.15, 0.2) is 42.5 Å². The number of hydrogen-bond acceptors (Lipinski definition) is 6. The van der Waals surface area contributed by atoms with Crippen LogP contribution in [-0.4, -0.2) is 15.8 Å². The Labute approximate surface area is 128 Å². The molecule has 0 fully saturated rings. The number of nitrogens with zero attached hydrogens (tertiary/aromatic N) is 2. The Kier molecular flexibility index (Phi) is 4.60. The van der Waals surface area contributed by atoms with Gasteiger partial charge >= 0.3 is 5.97 Å². The van der Waals surface area contributed by atoms with Gasteiger partial charge in [0.25, 0.3) is 11.4 Å². The molecule has 118 valence electrons. The van der Waals surface area contributed by atoms with E-state index in [1.807, 2.05) is 0 Å². The molecule has 0 aliphatic carbocycles. The van der Waals surface area contributed by atoms with Crippen molar-refractivity contribution in [3.63, 3.8) is 0 Å². The van der Waals surface area contributed by atoms with Crippen molar-refractivity contribution in [1.82, 2.24) is 0 Å². The number of non-ortho nitro benzene ring substituents is 2. The molecule has 0 N–H and O–H groups in total. The highest BCUT2D eigenvalue weighted by Crippen LogP contribution is 2.23. The summed E-state index contributed by atoms with van der Waals surface area (Å²) in [5.74, 6) is -1.61. The molecule has 0 amide bonds. The quantitative estimate of drug-likeness (QED) is 0.475. The second kappa shape index (κ2) is 6.60.